The van der Waals surface area contributed by atoms with Crippen LogP contribution in [-0.4, -0.2) is 24.2 Å². The molecule has 0 fully saturated rings. The lowest BCUT2D eigenvalue weighted by Gasteiger charge is -1.94. The topological polar surface area (TPSA) is 43.6 Å². The summed E-state index contributed by atoms with van der Waals surface area (Å²) in [5.74, 6) is -0.322. The molecule has 0 saturated heterocycles. The highest BCUT2D eigenvalue weighted by atomic mass is 32.1. The molecule has 2 rings (SSSR count). The molecule has 1 aromatic carbocycles. The van der Waals surface area contributed by atoms with Gasteiger partial charge in [-0.15, -0.1) is 0 Å². The molecule has 0 spiro atoms. The van der Waals surface area contributed by atoms with Crippen molar-refractivity contribution < 1.29 is 9.53 Å². The highest BCUT2D eigenvalue weighted by Crippen LogP contribution is 2.14. The molecule has 0 atom stereocenters. The molecular formula is C11H12N2O2S. The van der Waals surface area contributed by atoms with Crippen LogP contribution in [0.2, 0.25) is 0 Å². The molecule has 84 valence electrons. The van der Waals surface area contributed by atoms with Gasteiger partial charge in [0.15, 0.2) is 4.80 Å². The van der Waals surface area contributed by atoms with Crippen molar-refractivity contribution in [2.24, 2.45) is 12.0 Å². The first-order valence-corrected chi connectivity index (χ1v) is 5.66. The number of nitrogens with zero attached hydrogens (tertiary/aromatic N) is 2. The number of fused-ring (bicyclic) bond motifs is 1. The number of benzene rings is 1. The smallest absolute Gasteiger partial charge is 0.327 e. The number of carbonyl (C=O) groups is 1. The van der Waals surface area contributed by atoms with E-state index in [-0.39, 0.29) is 12.5 Å². The molecule has 0 N–H and O–H groups in total. The van der Waals surface area contributed by atoms with Crippen LogP contribution < -0.4 is 4.80 Å². The standard InChI is InChI=1S/C11H12N2O2S/c1-13-8-5-3-4-6-9(8)16-11(13)12-7-10(14)15-2/h3-6H,7H2,1-2H3. The van der Waals surface area contributed by atoms with Gasteiger partial charge in [0.05, 0.1) is 17.3 Å². The second kappa shape index (κ2) is 4.49. The van der Waals surface area contributed by atoms with E-state index in [1.165, 1.54) is 7.11 Å². The Labute approximate surface area is 96.8 Å². The van der Waals surface area contributed by atoms with Gasteiger partial charge in [-0.2, -0.15) is 0 Å². The number of aryl methyl sites for hydroxylation is 1. The summed E-state index contributed by atoms with van der Waals surface area (Å²) >= 11 is 1.56. The Hall–Kier alpha value is -1.62. The van der Waals surface area contributed by atoms with Crippen LogP contribution in [0.5, 0.6) is 0 Å². The minimum atomic E-state index is -0.322. The Morgan fingerprint density at radius 3 is 2.94 bits per heavy atom. The van der Waals surface area contributed by atoms with Gasteiger partial charge in [-0.1, -0.05) is 23.5 Å². The molecule has 1 aromatic heterocycles. The van der Waals surface area contributed by atoms with Crippen molar-refractivity contribution in [1.29, 1.82) is 0 Å². The van der Waals surface area contributed by atoms with Crippen LogP contribution in [0.4, 0.5) is 0 Å². The van der Waals surface area contributed by atoms with Crippen LogP contribution in [-0.2, 0) is 16.6 Å². The summed E-state index contributed by atoms with van der Waals surface area (Å²) in [6, 6.07) is 8.04. The van der Waals surface area contributed by atoms with Crippen LogP contribution >= 0.6 is 11.3 Å². The minimum Gasteiger partial charge on any atom is -0.468 e. The normalized spacial score (nSPS) is 12.0. The van der Waals surface area contributed by atoms with Crippen molar-refractivity contribution in [1.82, 2.24) is 4.57 Å². The first-order chi connectivity index (χ1) is 7.72. The number of methoxy groups -OCH3 is 1. The maximum Gasteiger partial charge on any atom is 0.327 e. The van der Waals surface area contributed by atoms with Crippen molar-refractivity contribution in [2.75, 3.05) is 13.7 Å². The first-order valence-electron chi connectivity index (χ1n) is 4.84. The number of para-hydroxylation sites is 1. The SMILES string of the molecule is COC(=O)CN=c1sc2ccccc2n1C. The fraction of sp³-hybridized carbons (Fsp3) is 0.273. The zero-order chi connectivity index (χ0) is 11.5. The average molecular weight is 236 g/mol. The van der Waals surface area contributed by atoms with Crippen molar-refractivity contribution in [3.8, 4) is 0 Å². The maximum atomic E-state index is 11.0. The summed E-state index contributed by atoms with van der Waals surface area (Å²) in [6.07, 6.45) is 0. The van der Waals surface area contributed by atoms with Crippen molar-refractivity contribution in [3.63, 3.8) is 0 Å². The molecule has 0 unspecified atom stereocenters. The molecule has 5 heteroatoms. The van der Waals surface area contributed by atoms with Gasteiger partial charge >= 0.3 is 5.97 Å². The van der Waals surface area contributed by atoms with Crippen LogP contribution in [0.1, 0.15) is 0 Å². The number of aromatic nitrogens is 1. The van der Waals surface area contributed by atoms with Gasteiger partial charge in [0.25, 0.3) is 0 Å². The number of rotatable bonds is 2. The van der Waals surface area contributed by atoms with Gasteiger partial charge in [-0.25, -0.2) is 4.99 Å². The third-order valence-corrected chi connectivity index (χ3v) is 3.44. The summed E-state index contributed by atoms with van der Waals surface area (Å²) in [5.41, 5.74) is 1.12. The number of esters is 1. The quantitative estimate of drug-likeness (QED) is 0.738. The lowest BCUT2D eigenvalue weighted by atomic mass is 10.3. The third-order valence-electron chi connectivity index (χ3n) is 2.29. The molecule has 2 aromatic rings. The summed E-state index contributed by atoms with van der Waals surface area (Å²) in [6.45, 7) is 0.0666. The van der Waals surface area contributed by atoms with E-state index in [0.29, 0.717) is 0 Å². The number of carbonyl (C=O) groups excluding carboxylic acids is 1. The summed E-state index contributed by atoms with van der Waals surface area (Å²) in [5, 5.41) is 0. The van der Waals surface area contributed by atoms with Crippen molar-refractivity contribution >= 4 is 27.5 Å². The molecule has 1 heterocycles. The molecule has 0 radical (unpaired) electrons. The summed E-state index contributed by atoms with van der Waals surface area (Å²) in [7, 11) is 3.30. The minimum absolute atomic E-state index is 0.0666. The van der Waals surface area contributed by atoms with Crippen molar-refractivity contribution in [2.45, 2.75) is 0 Å². The number of hydrogen-bond donors (Lipinski definition) is 0. The van der Waals surface area contributed by atoms with E-state index in [4.69, 9.17) is 0 Å². The summed E-state index contributed by atoms with van der Waals surface area (Å²) in [4.78, 5) is 16.0. The average Bonchev–Trinajstić information content (AvgIpc) is 2.64. The van der Waals surface area contributed by atoms with E-state index < -0.39 is 0 Å². The Balaban J connectivity index is 2.45. The molecule has 0 aliphatic rings. The lowest BCUT2D eigenvalue weighted by molar-refractivity contribution is -0.138. The van der Waals surface area contributed by atoms with Gasteiger partial charge < -0.3 is 9.30 Å². The molecule has 0 aliphatic heterocycles. The molecule has 0 saturated carbocycles. The van der Waals surface area contributed by atoms with Crippen LogP contribution in [0.15, 0.2) is 29.3 Å². The molecule has 0 amide bonds. The first kappa shape index (κ1) is 10.9. The molecule has 4 nitrogen and oxygen atoms in total. The van der Waals surface area contributed by atoms with Gasteiger partial charge in [0.1, 0.15) is 6.54 Å². The van der Waals surface area contributed by atoms with Gasteiger partial charge in [-0.05, 0) is 12.1 Å². The highest BCUT2D eigenvalue weighted by Gasteiger charge is 2.02. The molecule has 16 heavy (non-hydrogen) atoms. The predicted molar refractivity (Wildman–Crippen MR) is 63.2 cm³/mol. The Morgan fingerprint density at radius 1 is 1.50 bits per heavy atom. The highest BCUT2D eigenvalue weighted by molar-refractivity contribution is 7.16. The number of thiazole rings is 1. The second-order valence-corrected chi connectivity index (χ2v) is 4.31. The third kappa shape index (κ3) is 1.99. The molecule has 0 aliphatic carbocycles. The largest absolute Gasteiger partial charge is 0.468 e. The fourth-order valence-corrected chi connectivity index (χ4v) is 2.44. The maximum absolute atomic E-state index is 11.0. The van der Waals surface area contributed by atoms with E-state index in [1.54, 1.807) is 11.3 Å². The van der Waals surface area contributed by atoms with Gasteiger partial charge in [0, 0.05) is 7.05 Å². The van der Waals surface area contributed by atoms with Gasteiger partial charge in [0.2, 0.25) is 0 Å². The second-order valence-electron chi connectivity index (χ2n) is 3.30. The van der Waals surface area contributed by atoms with E-state index in [9.17, 15) is 4.79 Å². The lowest BCUT2D eigenvalue weighted by Crippen LogP contribution is -2.14. The predicted octanol–water partition coefficient (Wildman–Crippen LogP) is 1.31. The van der Waals surface area contributed by atoms with E-state index in [2.05, 4.69) is 9.73 Å². The van der Waals surface area contributed by atoms with Crippen LogP contribution in [0, 0.1) is 0 Å². The molecule has 0 bridgehead atoms. The van der Waals surface area contributed by atoms with Crippen LogP contribution in [0.25, 0.3) is 10.2 Å². The zero-order valence-electron chi connectivity index (χ0n) is 9.14. The van der Waals surface area contributed by atoms with Crippen molar-refractivity contribution in [3.05, 3.63) is 29.1 Å². The molecular weight excluding hydrogens is 224 g/mol. The number of hydrogen-bond acceptors (Lipinski definition) is 4. The van der Waals surface area contributed by atoms with E-state index in [1.807, 2.05) is 35.9 Å². The van der Waals surface area contributed by atoms with E-state index >= 15 is 0 Å². The van der Waals surface area contributed by atoms with E-state index in [0.717, 1.165) is 15.0 Å². The van der Waals surface area contributed by atoms with Crippen LogP contribution in [0.3, 0.4) is 0 Å². The van der Waals surface area contributed by atoms with Gasteiger partial charge in [-0.3, -0.25) is 4.79 Å². The monoisotopic (exact) mass is 236 g/mol. The Morgan fingerprint density at radius 2 is 2.25 bits per heavy atom. The fourth-order valence-electron chi connectivity index (χ4n) is 1.43. The zero-order valence-corrected chi connectivity index (χ0v) is 9.95. The Bertz CT molecular complexity index is 583. The summed E-state index contributed by atoms with van der Waals surface area (Å²) < 4.78 is 7.68. The Kier molecular flexibility index (Phi) is 3.05. The number of ether oxygens (including phenoxy) is 1.